The minimum absolute atomic E-state index is 0.00393. The van der Waals surface area contributed by atoms with E-state index < -0.39 is 164 Å². The summed E-state index contributed by atoms with van der Waals surface area (Å²) in [6, 6.07) is 3.18. The number of carbonyl (C=O) groups excluding carboxylic acids is 2. The molecule has 72 heavy (non-hydrogen) atoms. The number of aliphatic hydroxyl groups excluding tert-OH is 6. The van der Waals surface area contributed by atoms with E-state index in [9.17, 15) is 55.5 Å². The third-order valence-electron chi connectivity index (χ3n) is 15.3. The van der Waals surface area contributed by atoms with Crippen LogP contribution >= 0.6 is 0 Å². The predicted molar refractivity (Wildman–Crippen MR) is 247 cm³/mol. The number of hydrogen-bond donors (Lipinski definition) is 9. The molecule has 5 heterocycles. The molecule has 1 aliphatic carbocycles. The van der Waals surface area contributed by atoms with Crippen LogP contribution in [0.15, 0.2) is 12.1 Å². The van der Waals surface area contributed by atoms with Gasteiger partial charge in [0.05, 0.1) is 71.5 Å². The van der Waals surface area contributed by atoms with Gasteiger partial charge in [0.2, 0.25) is 6.29 Å². The van der Waals surface area contributed by atoms with Crippen molar-refractivity contribution in [3.63, 3.8) is 0 Å². The molecule has 9 N–H and O–H groups in total. The molecule has 2 aromatic rings. The first-order valence-corrected chi connectivity index (χ1v) is 24.8. The molecular weight excluding hydrogens is 953 g/mol. The predicted octanol–water partition coefficient (Wildman–Crippen LogP) is 1.03. The number of phenols is 2. The molecule has 404 valence electrons. The molecule has 22 heteroatoms. The van der Waals surface area contributed by atoms with E-state index in [1.165, 1.54) is 21.0 Å². The minimum atomic E-state index is -1.51. The first-order chi connectivity index (χ1) is 33.9. The number of aliphatic hydroxyl groups is 7. The highest BCUT2D eigenvalue weighted by molar-refractivity contribution is 6.11. The summed E-state index contributed by atoms with van der Waals surface area (Å²) in [5.74, 6) is -2.87. The number of ketones is 2. The number of fused-ring (bicyclic) bond motifs is 2. The molecule has 5 aliphatic heterocycles. The van der Waals surface area contributed by atoms with E-state index in [1.54, 1.807) is 53.7 Å². The van der Waals surface area contributed by atoms with E-state index in [0.717, 1.165) is 0 Å². The molecule has 0 amide bonds. The van der Waals surface area contributed by atoms with Gasteiger partial charge in [-0.2, -0.15) is 0 Å². The number of phenolic OH excluding ortho intramolecular Hbond substituents is 2. The van der Waals surface area contributed by atoms with Gasteiger partial charge in [0, 0.05) is 50.7 Å². The maximum absolute atomic E-state index is 14.8. The molecule has 0 spiro atoms. The second-order valence-electron chi connectivity index (χ2n) is 20.7. The lowest BCUT2D eigenvalue weighted by Crippen LogP contribution is -2.58. The molecular formula is C50H72O22. The van der Waals surface area contributed by atoms with Crippen LogP contribution in [0, 0.1) is 12.8 Å². The number of benzene rings is 2. The van der Waals surface area contributed by atoms with Crippen LogP contribution in [0.4, 0.5) is 0 Å². The average molecular weight is 1030 g/mol. The molecule has 21 unspecified atom stereocenters. The summed E-state index contributed by atoms with van der Waals surface area (Å²) >= 11 is 0. The lowest BCUT2D eigenvalue weighted by Gasteiger charge is -2.46. The molecule has 23 atom stereocenters. The highest BCUT2D eigenvalue weighted by Crippen LogP contribution is 2.47. The van der Waals surface area contributed by atoms with Gasteiger partial charge in [-0.1, -0.05) is 0 Å². The number of methoxy groups -OCH3 is 1. The lowest BCUT2D eigenvalue weighted by molar-refractivity contribution is -0.334. The normalized spacial score (nSPS) is 43.3. The molecule has 0 bridgehead atoms. The molecule has 0 saturated carbocycles. The van der Waals surface area contributed by atoms with Crippen molar-refractivity contribution in [3.05, 3.63) is 28.8 Å². The van der Waals surface area contributed by atoms with Crippen molar-refractivity contribution in [2.24, 2.45) is 5.92 Å². The maximum Gasteiger partial charge on any atom is 0.202 e. The molecule has 22 nitrogen and oxygen atoms in total. The van der Waals surface area contributed by atoms with Gasteiger partial charge in [-0.3, -0.25) is 9.59 Å². The summed E-state index contributed by atoms with van der Waals surface area (Å²) < 4.78 is 66.5. The van der Waals surface area contributed by atoms with Crippen LogP contribution in [-0.2, 0) is 58.6 Å². The van der Waals surface area contributed by atoms with Gasteiger partial charge in [0.1, 0.15) is 60.0 Å². The van der Waals surface area contributed by atoms with Crippen LogP contribution in [0.25, 0.3) is 10.8 Å². The fourth-order valence-corrected chi connectivity index (χ4v) is 11.1. The summed E-state index contributed by atoms with van der Waals surface area (Å²) in [6.07, 6.45) is -21.6. The largest absolute Gasteiger partial charge is 0.507 e. The van der Waals surface area contributed by atoms with Crippen LogP contribution < -0.4 is 4.74 Å². The molecule has 2 aromatic carbocycles. The third-order valence-corrected chi connectivity index (χ3v) is 15.3. The van der Waals surface area contributed by atoms with Gasteiger partial charge >= 0.3 is 0 Å². The highest BCUT2D eigenvalue weighted by atomic mass is 16.7. The Morgan fingerprint density at radius 2 is 1.17 bits per heavy atom. The number of ether oxygens (including phenoxy) is 11. The van der Waals surface area contributed by atoms with E-state index in [0.29, 0.717) is 5.56 Å². The van der Waals surface area contributed by atoms with Gasteiger partial charge in [-0.05, 0) is 84.9 Å². The molecule has 5 saturated heterocycles. The second-order valence-corrected chi connectivity index (χ2v) is 20.7. The van der Waals surface area contributed by atoms with Crippen LogP contribution in [-0.4, -0.2) is 199 Å². The number of hydrogen-bond acceptors (Lipinski definition) is 22. The zero-order valence-corrected chi connectivity index (χ0v) is 41.9. The summed E-state index contributed by atoms with van der Waals surface area (Å²) in [6.45, 7) is 12.4. The number of aromatic hydroxyl groups is 2. The Morgan fingerprint density at radius 1 is 0.681 bits per heavy atom. The standard InChI is InChI=1S/C50H72O22/c1-18-29(68-34-14-30(42(55)21(4)64-34)69-33-13-28(52)41(54)20(3)63-33)12-26-10-25-11-27(47(62-9)19(2)51)48(46(59)39(25)45(58)38(26)40(18)53)72-36-16-31(43(56)23(6)66-36)70-35-15-32(44(57)22(5)65-35)71-37-17-50(8,61)49(60)24(7)67-37/h10,12,20-24,27-28,30-37,41-44,47-49,52-58,60-61H,11,13-17H2,1-9H3/t20?,21?,22?,23?,24?,27-,28?,30?,31?,32?,33?,34?,35?,36?,37?,41?,42?,43?,44?,47?,48-,49?,50?/m0/s1. The Bertz CT molecular complexity index is 2250. The Morgan fingerprint density at radius 3 is 1.69 bits per heavy atom. The topological polar surface area (TPSA) is 318 Å². The third kappa shape index (κ3) is 11.0. The molecule has 0 aromatic heterocycles. The summed E-state index contributed by atoms with van der Waals surface area (Å²) in [4.78, 5) is 28.0. The Hall–Kier alpha value is -3.24. The van der Waals surface area contributed by atoms with Crippen molar-refractivity contribution in [1.82, 2.24) is 0 Å². The zero-order valence-electron chi connectivity index (χ0n) is 41.9. The first-order valence-electron chi connectivity index (χ1n) is 24.8. The summed E-state index contributed by atoms with van der Waals surface area (Å²) in [5.41, 5.74) is -1.15. The van der Waals surface area contributed by atoms with Crippen molar-refractivity contribution >= 4 is 22.3 Å². The van der Waals surface area contributed by atoms with Gasteiger partial charge in [0.25, 0.3) is 0 Å². The van der Waals surface area contributed by atoms with Crippen molar-refractivity contribution < 1.29 is 108 Å². The van der Waals surface area contributed by atoms with Gasteiger partial charge in [-0.15, -0.1) is 0 Å². The van der Waals surface area contributed by atoms with E-state index in [1.807, 2.05) is 0 Å². The quantitative estimate of drug-likeness (QED) is 0.135. The van der Waals surface area contributed by atoms with Crippen molar-refractivity contribution in [3.8, 4) is 17.2 Å². The number of Topliss-reactive ketones (excluding diaryl/α,β-unsaturated/α-hetero) is 2. The Balaban J connectivity index is 1.01. The number of carbonyl (C=O) groups is 2. The lowest BCUT2D eigenvalue weighted by atomic mass is 9.75. The smallest absolute Gasteiger partial charge is 0.202 e. The van der Waals surface area contributed by atoms with Crippen LogP contribution in [0.2, 0.25) is 0 Å². The molecule has 5 fully saturated rings. The molecule has 8 rings (SSSR count). The SMILES string of the molecule is COC(C(C)=O)[C@@H]1Cc2cc3cc(OC4CC(OC5CC(O)C(O)C(C)O5)C(O)C(C)O4)c(C)c(O)c3c(O)c2C(=O)[C@H]1OC1CC(OC2CC(OC3CC(C)(O)C(O)C(C)O3)C(O)C(C)O2)C(O)C(C)O1. The first kappa shape index (κ1) is 55.0. The second kappa shape index (κ2) is 21.8. The van der Waals surface area contributed by atoms with Gasteiger partial charge < -0.3 is 98.1 Å². The van der Waals surface area contributed by atoms with Crippen LogP contribution in [0.3, 0.4) is 0 Å². The maximum atomic E-state index is 14.8. The summed E-state index contributed by atoms with van der Waals surface area (Å²) in [5, 5.41) is 98.9. The average Bonchev–Trinajstić information content (AvgIpc) is 3.29. The van der Waals surface area contributed by atoms with Crippen molar-refractivity contribution in [2.75, 3.05) is 7.11 Å². The van der Waals surface area contributed by atoms with Gasteiger partial charge in [0.15, 0.2) is 36.7 Å². The van der Waals surface area contributed by atoms with Crippen LogP contribution in [0.5, 0.6) is 17.2 Å². The fourth-order valence-electron chi connectivity index (χ4n) is 11.1. The van der Waals surface area contributed by atoms with Gasteiger partial charge in [-0.25, -0.2) is 0 Å². The van der Waals surface area contributed by atoms with Crippen molar-refractivity contribution in [1.29, 1.82) is 0 Å². The Labute approximate surface area is 416 Å². The number of rotatable bonds is 13. The van der Waals surface area contributed by atoms with E-state index in [4.69, 9.17) is 52.1 Å². The van der Waals surface area contributed by atoms with E-state index >= 15 is 0 Å². The minimum Gasteiger partial charge on any atom is -0.507 e. The zero-order chi connectivity index (χ0) is 52.4. The van der Waals surface area contributed by atoms with Crippen molar-refractivity contribution in [2.45, 2.75) is 229 Å². The fraction of sp³-hybridized carbons (Fsp3) is 0.760. The van der Waals surface area contributed by atoms with E-state index in [2.05, 4.69) is 0 Å². The monoisotopic (exact) mass is 1020 g/mol. The summed E-state index contributed by atoms with van der Waals surface area (Å²) in [7, 11) is 1.33. The highest BCUT2D eigenvalue weighted by Gasteiger charge is 2.50. The molecule has 6 aliphatic rings. The Kier molecular flexibility index (Phi) is 16.6. The van der Waals surface area contributed by atoms with Crippen LogP contribution in [0.1, 0.15) is 102 Å². The molecule has 0 radical (unpaired) electrons. The van der Waals surface area contributed by atoms with E-state index in [-0.39, 0.29) is 66.2 Å².